The first-order chi connectivity index (χ1) is 12.9. The fraction of sp³-hybridized carbons (Fsp3) is 0.500. The van der Waals surface area contributed by atoms with Crippen LogP contribution in [0.2, 0.25) is 0 Å². The molecule has 0 fully saturated rings. The summed E-state index contributed by atoms with van der Waals surface area (Å²) >= 11 is 1.25. The minimum absolute atomic E-state index is 0.0694. The highest BCUT2D eigenvalue weighted by molar-refractivity contribution is 7.99. The molecule has 0 bridgehead atoms. The largest absolute Gasteiger partial charge is 0.414 e. The van der Waals surface area contributed by atoms with Gasteiger partial charge in [0.2, 0.25) is 5.89 Å². The molecule has 0 amide bonds. The molecule has 0 aromatic carbocycles. The van der Waals surface area contributed by atoms with E-state index in [-0.39, 0.29) is 11.5 Å². The number of nitrogens with zero attached hydrogens (tertiary/aromatic N) is 6. The van der Waals surface area contributed by atoms with E-state index >= 15 is 0 Å². The summed E-state index contributed by atoms with van der Waals surface area (Å²) in [6.45, 7) is 9.76. The lowest BCUT2D eigenvalue weighted by molar-refractivity contribution is 0.102. The number of aryl methyl sites for hydroxylation is 1. The zero-order valence-electron chi connectivity index (χ0n) is 16.0. The molecule has 0 aliphatic heterocycles. The molecule has 3 aromatic heterocycles. The van der Waals surface area contributed by atoms with Crippen molar-refractivity contribution in [2.75, 3.05) is 5.75 Å². The van der Waals surface area contributed by atoms with Crippen LogP contribution in [0.3, 0.4) is 0 Å². The minimum Gasteiger partial charge on any atom is -0.414 e. The highest BCUT2D eigenvalue weighted by Gasteiger charge is 2.17. The number of ketones is 1. The molecular formula is C18H24N6O2S. The summed E-state index contributed by atoms with van der Waals surface area (Å²) in [4.78, 5) is 16.5. The number of carbonyl (C=O) groups excluding carboxylic acids is 1. The lowest BCUT2D eigenvalue weighted by Crippen LogP contribution is -2.08. The summed E-state index contributed by atoms with van der Waals surface area (Å²) in [5, 5.41) is 12.3. The van der Waals surface area contributed by atoms with Gasteiger partial charge in [0.1, 0.15) is 19.2 Å². The van der Waals surface area contributed by atoms with Crippen LogP contribution in [0, 0.1) is 19.8 Å². The van der Waals surface area contributed by atoms with Crippen molar-refractivity contribution < 1.29 is 9.21 Å². The van der Waals surface area contributed by atoms with Gasteiger partial charge in [0.25, 0.3) is 5.22 Å². The van der Waals surface area contributed by atoms with Crippen molar-refractivity contribution in [2.24, 2.45) is 5.92 Å². The SMILES string of the molecule is Cc1cc(C(=O)CSc2nnc(Cn3cncn3)o2)c(C)n1CCC(C)C. The van der Waals surface area contributed by atoms with Gasteiger partial charge in [-0.25, -0.2) is 9.67 Å². The van der Waals surface area contributed by atoms with Crippen LogP contribution in [0.15, 0.2) is 28.4 Å². The average molecular weight is 388 g/mol. The van der Waals surface area contributed by atoms with E-state index < -0.39 is 0 Å². The van der Waals surface area contributed by atoms with Crippen molar-refractivity contribution in [1.82, 2.24) is 29.5 Å². The Bertz CT molecular complexity index is 897. The number of hydrogen-bond donors (Lipinski definition) is 0. The smallest absolute Gasteiger partial charge is 0.277 e. The highest BCUT2D eigenvalue weighted by atomic mass is 32.2. The molecule has 3 heterocycles. The minimum atomic E-state index is 0.0694. The number of aromatic nitrogens is 6. The molecule has 0 spiro atoms. The first-order valence-corrected chi connectivity index (χ1v) is 9.90. The van der Waals surface area contributed by atoms with Crippen LogP contribution in [0.25, 0.3) is 0 Å². The Balaban J connectivity index is 1.59. The van der Waals surface area contributed by atoms with Crippen molar-refractivity contribution in [1.29, 1.82) is 0 Å². The maximum atomic E-state index is 12.7. The van der Waals surface area contributed by atoms with Gasteiger partial charge in [0.15, 0.2) is 5.78 Å². The van der Waals surface area contributed by atoms with E-state index in [1.54, 1.807) is 11.0 Å². The van der Waals surface area contributed by atoms with Gasteiger partial charge < -0.3 is 8.98 Å². The van der Waals surface area contributed by atoms with E-state index in [1.165, 1.54) is 18.1 Å². The second kappa shape index (κ2) is 8.51. The molecule has 27 heavy (non-hydrogen) atoms. The first-order valence-electron chi connectivity index (χ1n) is 8.91. The third-order valence-corrected chi connectivity index (χ3v) is 5.16. The molecule has 0 unspecified atom stereocenters. The average Bonchev–Trinajstić information content (AvgIpc) is 3.34. The van der Waals surface area contributed by atoms with Gasteiger partial charge in [0.05, 0.1) is 5.75 Å². The van der Waals surface area contributed by atoms with Gasteiger partial charge in [-0.1, -0.05) is 25.6 Å². The van der Waals surface area contributed by atoms with Crippen molar-refractivity contribution >= 4 is 17.5 Å². The topological polar surface area (TPSA) is 91.6 Å². The number of rotatable bonds is 9. The van der Waals surface area contributed by atoms with Crippen LogP contribution in [0.4, 0.5) is 0 Å². The molecule has 3 aromatic rings. The molecule has 0 aliphatic carbocycles. The lowest BCUT2D eigenvalue weighted by atomic mass is 10.1. The molecule has 0 saturated carbocycles. The summed E-state index contributed by atoms with van der Waals surface area (Å²) in [5.41, 5.74) is 2.91. The van der Waals surface area contributed by atoms with Crippen molar-refractivity contribution in [2.45, 2.75) is 52.4 Å². The number of thioether (sulfide) groups is 1. The van der Waals surface area contributed by atoms with E-state index in [0.29, 0.717) is 23.6 Å². The second-order valence-corrected chi connectivity index (χ2v) is 7.81. The van der Waals surface area contributed by atoms with E-state index in [4.69, 9.17) is 4.42 Å². The third kappa shape index (κ3) is 4.85. The lowest BCUT2D eigenvalue weighted by Gasteiger charge is -2.11. The maximum Gasteiger partial charge on any atom is 0.277 e. The van der Waals surface area contributed by atoms with Crippen molar-refractivity contribution in [3.05, 3.63) is 41.6 Å². The number of hydrogen-bond acceptors (Lipinski definition) is 7. The van der Waals surface area contributed by atoms with Crippen LogP contribution >= 0.6 is 11.8 Å². The van der Waals surface area contributed by atoms with E-state index in [1.807, 2.05) is 19.9 Å². The monoisotopic (exact) mass is 388 g/mol. The molecule has 0 N–H and O–H groups in total. The van der Waals surface area contributed by atoms with Crippen LogP contribution in [0.5, 0.6) is 0 Å². The van der Waals surface area contributed by atoms with Crippen LogP contribution in [-0.2, 0) is 13.1 Å². The molecule has 144 valence electrons. The number of Topliss-reactive ketones (excluding diaryl/α,β-unsaturated/α-hetero) is 1. The predicted octanol–water partition coefficient (Wildman–Crippen LogP) is 3.15. The highest BCUT2D eigenvalue weighted by Crippen LogP contribution is 2.22. The Labute approximate surface area is 162 Å². The molecule has 0 radical (unpaired) electrons. The van der Waals surface area contributed by atoms with E-state index in [2.05, 4.69) is 38.7 Å². The van der Waals surface area contributed by atoms with Crippen molar-refractivity contribution in [3.8, 4) is 0 Å². The fourth-order valence-corrected chi connectivity index (χ4v) is 3.50. The Morgan fingerprint density at radius 3 is 2.81 bits per heavy atom. The van der Waals surface area contributed by atoms with Crippen molar-refractivity contribution in [3.63, 3.8) is 0 Å². The van der Waals surface area contributed by atoms with Crippen LogP contribution in [0.1, 0.15) is 47.9 Å². The maximum absolute atomic E-state index is 12.7. The summed E-state index contributed by atoms with van der Waals surface area (Å²) in [5.74, 6) is 1.40. The molecule has 0 aliphatic rings. The number of carbonyl (C=O) groups is 1. The zero-order valence-corrected chi connectivity index (χ0v) is 16.9. The summed E-state index contributed by atoms with van der Waals surface area (Å²) in [7, 11) is 0. The Hall–Kier alpha value is -2.42. The Kier molecular flexibility index (Phi) is 6.10. The molecule has 9 heteroatoms. The summed E-state index contributed by atoms with van der Waals surface area (Å²) < 4.78 is 9.38. The van der Waals surface area contributed by atoms with Gasteiger partial charge in [-0.15, -0.1) is 10.2 Å². The second-order valence-electron chi connectivity index (χ2n) is 6.89. The van der Waals surface area contributed by atoms with Gasteiger partial charge in [0, 0.05) is 23.5 Å². The third-order valence-electron chi connectivity index (χ3n) is 4.34. The Morgan fingerprint density at radius 1 is 1.30 bits per heavy atom. The molecule has 8 nitrogen and oxygen atoms in total. The fourth-order valence-electron chi connectivity index (χ4n) is 2.83. The van der Waals surface area contributed by atoms with Gasteiger partial charge >= 0.3 is 0 Å². The standard InChI is InChI=1S/C18H24N6O2S/c1-12(2)5-6-24-13(3)7-15(14(24)4)16(25)9-27-18-22-21-17(26-18)8-23-11-19-10-20-23/h7,10-12H,5-6,8-9H2,1-4H3. The van der Waals surface area contributed by atoms with Gasteiger partial charge in [-0.2, -0.15) is 5.10 Å². The zero-order chi connectivity index (χ0) is 19.4. The normalized spacial score (nSPS) is 11.4. The summed E-state index contributed by atoms with van der Waals surface area (Å²) in [6.07, 6.45) is 4.12. The first kappa shape index (κ1) is 19.3. The van der Waals surface area contributed by atoms with E-state index in [0.717, 1.165) is 29.9 Å². The summed E-state index contributed by atoms with van der Waals surface area (Å²) in [6, 6.07) is 1.97. The molecule has 0 saturated heterocycles. The molecule has 3 rings (SSSR count). The quantitative estimate of drug-likeness (QED) is 0.411. The van der Waals surface area contributed by atoms with Gasteiger partial charge in [-0.3, -0.25) is 4.79 Å². The van der Waals surface area contributed by atoms with E-state index in [9.17, 15) is 4.79 Å². The van der Waals surface area contributed by atoms with Crippen LogP contribution < -0.4 is 0 Å². The van der Waals surface area contributed by atoms with Crippen LogP contribution in [-0.4, -0.2) is 41.1 Å². The molecular weight excluding hydrogens is 364 g/mol. The Morgan fingerprint density at radius 2 is 2.11 bits per heavy atom. The van der Waals surface area contributed by atoms with Gasteiger partial charge in [-0.05, 0) is 32.3 Å². The predicted molar refractivity (Wildman–Crippen MR) is 102 cm³/mol. The molecule has 0 atom stereocenters.